The molecule has 0 saturated carbocycles. The molecule has 4 nitrogen and oxygen atoms in total. The predicted molar refractivity (Wildman–Crippen MR) is 41.4 cm³/mol. The van der Waals surface area contributed by atoms with E-state index >= 15 is 0 Å². The van der Waals surface area contributed by atoms with Crippen molar-refractivity contribution in [1.82, 2.24) is 9.78 Å². The molecule has 1 fully saturated rings. The van der Waals surface area contributed by atoms with Crippen molar-refractivity contribution in [2.24, 2.45) is 0 Å². The summed E-state index contributed by atoms with van der Waals surface area (Å²) in [7, 11) is 0. The summed E-state index contributed by atoms with van der Waals surface area (Å²) in [5.41, 5.74) is 0.616. The van der Waals surface area contributed by atoms with Gasteiger partial charge in [0, 0.05) is 6.61 Å². The fourth-order valence-corrected chi connectivity index (χ4v) is 1.41. The summed E-state index contributed by atoms with van der Waals surface area (Å²) in [6.07, 6.45) is 2.60. The molecule has 1 aliphatic heterocycles. The minimum absolute atomic E-state index is 0.259. The lowest BCUT2D eigenvalue weighted by molar-refractivity contribution is 0.184. The van der Waals surface area contributed by atoms with Crippen LogP contribution in [-0.4, -0.2) is 23.0 Å². The van der Waals surface area contributed by atoms with Crippen LogP contribution in [0.3, 0.4) is 0 Å². The Labute approximate surface area is 70.4 Å². The van der Waals surface area contributed by atoms with Gasteiger partial charge in [-0.3, -0.25) is 0 Å². The third-order valence-electron chi connectivity index (χ3n) is 2.04. The topological polar surface area (TPSA) is 50.8 Å². The first-order valence-corrected chi connectivity index (χ1v) is 3.93. The molecule has 0 spiro atoms. The highest BCUT2D eigenvalue weighted by atomic mass is 16.5. The molecule has 0 radical (unpaired) electrons. The normalized spacial score (nSPS) is 22.4. The second-order valence-corrected chi connectivity index (χ2v) is 2.79. The highest BCUT2D eigenvalue weighted by Gasteiger charge is 2.19. The van der Waals surface area contributed by atoms with E-state index in [1.807, 2.05) is 0 Å². The summed E-state index contributed by atoms with van der Waals surface area (Å²) in [6, 6.07) is 4.08. The second-order valence-electron chi connectivity index (χ2n) is 2.79. The van der Waals surface area contributed by atoms with Crippen molar-refractivity contribution in [3.05, 3.63) is 18.0 Å². The van der Waals surface area contributed by atoms with Gasteiger partial charge in [0.1, 0.15) is 11.8 Å². The standard InChI is InChI=1S/C8H9N3O/c9-5-7-1-3-10-11(7)8-2-4-12-6-8/h1,3,8H,2,4,6H2. The highest BCUT2D eigenvalue weighted by molar-refractivity contribution is 5.19. The van der Waals surface area contributed by atoms with Gasteiger partial charge in [0.2, 0.25) is 0 Å². The average molecular weight is 163 g/mol. The third-order valence-corrected chi connectivity index (χ3v) is 2.04. The predicted octanol–water partition coefficient (Wildman–Crippen LogP) is 0.716. The molecule has 0 aliphatic carbocycles. The zero-order valence-electron chi connectivity index (χ0n) is 6.60. The lowest BCUT2D eigenvalue weighted by atomic mass is 10.2. The Kier molecular flexibility index (Phi) is 1.80. The number of hydrogen-bond acceptors (Lipinski definition) is 3. The minimum Gasteiger partial charge on any atom is -0.379 e. The van der Waals surface area contributed by atoms with Gasteiger partial charge in [-0.25, -0.2) is 4.68 Å². The van der Waals surface area contributed by atoms with E-state index in [4.69, 9.17) is 10.00 Å². The summed E-state index contributed by atoms with van der Waals surface area (Å²) >= 11 is 0. The number of nitrogens with zero attached hydrogens (tertiary/aromatic N) is 3. The van der Waals surface area contributed by atoms with Crippen LogP contribution >= 0.6 is 0 Å². The van der Waals surface area contributed by atoms with Crippen LogP contribution in [0, 0.1) is 11.3 Å². The quantitative estimate of drug-likeness (QED) is 0.612. The van der Waals surface area contributed by atoms with Crippen molar-refractivity contribution in [3.8, 4) is 6.07 Å². The van der Waals surface area contributed by atoms with Gasteiger partial charge >= 0.3 is 0 Å². The van der Waals surface area contributed by atoms with Crippen molar-refractivity contribution in [2.45, 2.75) is 12.5 Å². The van der Waals surface area contributed by atoms with Gasteiger partial charge in [-0.15, -0.1) is 0 Å². The summed E-state index contributed by atoms with van der Waals surface area (Å²) in [6.45, 7) is 1.45. The molecular formula is C8H9N3O. The van der Waals surface area contributed by atoms with Gasteiger partial charge < -0.3 is 4.74 Å². The molecule has 4 heteroatoms. The van der Waals surface area contributed by atoms with E-state index in [-0.39, 0.29) is 6.04 Å². The van der Waals surface area contributed by atoms with E-state index in [0.29, 0.717) is 12.3 Å². The van der Waals surface area contributed by atoms with E-state index in [0.717, 1.165) is 13.0 Å². The van der Waals surface area contributed by atoms with Gasteiger partial charge in [0.05, 0.1) is 18.8 Å². The Hall–Kier alpha value is -1.34. The first kappa shape index (κ1) is 7.32. The van der Waals surface area contributed by atoms with Gasteiger partial charge in [-0.05, 0) is 12.5 Å². The van der Waals surface area contributed by atoms with Crippen LogP contribution < -0.4 is 0 Å². The van der Waals surface area contributed by atoms with Crippen molar-refractivity contribution in [3.63, 3.8) is 0 Å². The minimum atomic E-state index is 0.259. The molecule has 0 amide bonds. The third kappa shape index (κ3) is 1.08. The zero-order valence-corrected chi connectivity index (χ0v) is 6.60. The van der Waals surface area contributed by atoms with Gasteiger partial charge in [-0.2, -0.15) is 10.4 Å². The second kappa shape index (κ2) is 2.95. The van der Waals surface area contributed by atoms with Crippen LogP contribution in [0.1, 0.15) is 18.2 Å². The van der Waals surface area contributed by atoms with Crippen molar-refractivity contribution >= 4 is 0 Å². The molecule has 62 valence electrons. The fraction of sp³-hybridized carbons (Fsp3) is 0.500. The molecule has 12 heavy (non-hydrogen) atoms. The van der Waals surface area contributed by atoms with E-state index in [9.17, 15) is 0 Å². The van der Waals surface area contributed by atoms with Gasteiger partial charge in [-0.1, -0.05) is 0 Å². The van der Waals surface area contributed by atoms with Crippen LogP contribution in [0.4, 0.5) is 0 Å². The SMILES string of the molecule is N#Cc1ccnn1C1CCOC1. The molecule has 1 aromatic rings. The molecule has 0 bridgehead atoms. The maximum atomic E-state index is 8.72. The Morgan fingerprint density at radius 2 is 2.67 bits per heavy atom. The van der Waals surface area contributed by atoms with E-state index in [2.05, 4.69) is 11.2 Å². The molecule has 0 aromatic carbocycles. The molecule has 2 rings (SSSR count). The van der Waals surface area contributed by atoms with Crippen LogP contribution in [0.25, 0.3) is 0 Å². The highest BCUT2D eigenvalue weighted by Crippen LogP contribution is 2.18. The lowest BCUT2D eigenvalue weighted by Gasteiger charge is -2.08. The fourth-order valence-electron chi connectivity index (χ4n) is 1.41. The Morgan fingerprint density at radius 1 is 1.75 bits per heavy atom. The van der Waals surface area contributed by atoms with E-state index in [1.165, 1.54) is 0 Å². The molecule has 1 aliphatic rings. The molecule has 1 aromatic heterocycles. The molecule has 1 saturated heterocycles. The van der Waals surface area contributed by atoms with Crippen molar-refractivity contribution < 1.29 is 4.74 Å². The molecule has 0 N–H and O–H groups in total. The van der Waals surface area contributed by atoms with Crippen LogP contribution in [-0.2, 0) is 4.74 Å². The van der Waals surface area contributed by atoms with E-state index in [1.54, 1.807) is 16.9 Å². The number of aromatic nitrogens is 2. The number of nitriles is 1. The molecule has 2 heterocycles. The van der Waals surface area contributed by atoms with E-state index < -0.39 is 0 Å². The number of hydrogen-bond donors (Lipinski definition) is 0. The first-order valence-electron chi connectivity index (χ1n) is 3.93. The van der Waals surface area contributed by atoms with Crippen molar-refractivity contribution in [2.75, 3.05) is 13.2 Å². The number of ether oxygens (including phenoxy) is 1. The monoisotopic (exact) mass is 163 g/mol. The molecular weight excluding hydrogens is 154 g/mol. The van der Waals surface area contributed by atoms with Crippen LogP contribution in [0.15, 0.2) is 12.3 Å². The number of rotatable bonds is 1. The Bertz CT molecular complexity index is 306. The Balaban J connectivity index is 2.27. The summed E-state index contributed by atoms with van der Waals surface area (Å²) in [5.74, 6) is 0. The van der Waals surface area contributed by atoms with Gasteiger partial charge in [0.15, 0.2) is 0 Å². The van der Waals surface area contributed by atoms with Crippen LogP contribution in [0.2, 0.25) is 0 Å². The summed E-state index contributed by atoms with van der Waals surface area (Å²) in [5, 5.41) is 12.8. The molecule has 1 unspecified atom stereocenters. The maximum Gasteiger partial charge on any atom is 0.138 e. The lowest BCUT2D eigenvalue weighted by Crippen LogP contribution is -2.11. The smallest absolute Gasteiger partial charge is 0.138 e. The summed E-state index contributed by atoms with van der Waals surface area (Å²) in [4.78, 5) is 0. The average Bonchev–Trinajstić information content (AvgIpc) is 2.74. The largest absolute Gasteiger partial charge is 0.379 e. The Morgan fingerprint density at radius 3 is 3.33 bits per heavy atom. The summed E-state index contributed by atoms with van der Waals surface area (Å²) < 4.78 is 6.95. The van der Waals surface area contributed by atoms with Crippen molar-refractivity contribution in [1.29, 1.82) is 5.26 Å². The first-order chi connectivity index (χ1) is 5.92. The zero-order chi connectivity index (χ0) is 8.39. The van der Waals surface area contributed by atoms with Gasteiger partial charge in [0.25, 0.3) is 0 Å². The maximum absolute atomic E-state index is 8.72. The molecule has 1 atom stereocenters. The van der Waals surface area contributed by atoms with Crippen LogP contribution in [0.5, 0.6) is 0 Å².